The predicted molar refractivity (Wildman–Crippen MR) is 90.9 cm³/mol. The Morgan fingerprint density at radius 2 is 1.41 bits per heavy atom. The first kappa shape index (κ1) is 12.7. The number of benzene rings is 3. The number of nitrogens with zero attached hydrogens (tertiary/aromatic N) is 1. The summed E-state index contributed by atoms with van der Waals surface area (Å²) in [5, 5.41) is 2.41. The standard InChI is InChI=1S/C20H15NO/c1-2-10-17(11-3-1)21(20-14-7-15-22-20)19-13-6-9-16-8-4-5-12-18(16)19/h1-15H. The molecule has 0 bridgehead atoms. The lowest BCUT2D eigenvalue weighted by Crippen LogP contribution is -2.09. The largest absolute Gasteiger partial charge is 0.448 e. The van der Waals surface area contributed by atoms with Crippen LogP contribution < -0.4 is 4.90 Å². The van der Waals surface area contributed by atoms with Crippen LogP contribution in [-0.4, -0.2) is 0 Å². The maximum absolute atomic E-state index is 5.68. The SMILES string of the molecule is c1ccc(N(c2ccco2)c2cccc3ccccc23)cc1. The van der Waals surface area contributed by atoms with Crippen LogP contribution in [0.3, 0.4) is 0 Å². The Hall–Kier alpha value is -3.00. The zero-order valence-electron chi connectivity index (χ0n) is 12.0. The molecule has 1 aromatic heterocycles. The van der Waals surface area contributed by atoms with E-state index in [4.69, 9.17) is 4.42 Å². The van der Waals surface area contributed by atoms with Crippen LogP contribution in [0, 0.1) is 0 Å². The van der Waals surface area contributed by atoms with Crippen LogP contribution in [0.1, 0.15) is 0 Å². The van der Waals surface area contributed by atoms with E-state index in [2.05, 4.69) is 59.5 Å². The van der Waals surface area contributed by atoms with E-state index in [1.165, 1.54) is 10.8 Å². The molecule has 0 aliphatic carbocycles. The monoisotopic (exact) mass is 285 g/mol. The minimum Gasteiger partial charge on any atom is -0.448 e. The van der Waals surface area contributed by atoms with Gasteiger partial charge in [-0.3, -0.25) is 4.90 Å². The number of furan rings is 1. The maximum Gasteiger partial charge on any atom is 0.204 e. The second-order valence-electron chi connectivity index (χ2n) is 5.12. The number of para-hydroxylation sites is 1. The van der Waals surface area contributed by atoms with Crippen LogP contribution >= 0.6 is 0 Å². The summed E-state index contributed by atoms with van der Waals surface area (Å²) in [5.41, 5.74) is 2.19. The molecule has 0 atom stereocenters. The zero-order valence-corrected chi connectivity index (χ0v) is 12.0. The first-order valence-corrected chi connectivity index (χ1v) is 7.30. The molecule has 0 radical (unpaired) electrons. The van der Waals surface area contributed by atoms with Crippen LogP contribution in [0.5, 0.6) is 0 Å². The third-order valence-electron chi connectivity index (χ3n) is 3.75. The molecule has 4 aromatic rings. The summed E-state index contributed by atoms with van der Waals surface area (Å²) in [7, 11) is 0. The van der Waals surface area contributed by atoms with Gasteiger partial charge in [0.25, 0.3) is 0 Å². The molecule has 0 saturated carbocycles. The second kappa shape index (κ2) is 5.41. The highest BCUT2D eigenvalue weighted by molar-refractivity contribution is 5.98. The second-order valence-corrected chi connectivity index (χ2v) is 5.12. The highest BCUT2D eigenvalue weighted by atomic mass is 16.3. The van der Waals surface area contributed by atoms with Gasteiger partial charge < -0.3 is 4.42 Å². The number of fused-ring (bicyclic) bond motifs is 1. The van der Waals surface area contributed by atoms with E-state index in [9.17, 15) is 0 Å². The number of hydrogen-bond donors (Lipinski definition) is 0. The average Bonchev–Trinajstić information content (AvgIpc) is 3.11. The van der Waals surface area contributed by atoms with Crippen LogP contribution in [0.25, 0.3) is 10.8 Å². The van der Waals surface area contributed by atoms with E-state index in [1.54, 1.807) is 6.26 Å². The minimum absolute atomic E-state index is 0.808. The Morgan fingerprint density at radius 3 is 2.23 bits per heavy atom. The molecule has 0 saturated heterocycles. The van der Waals surface area contributed by atoms with E-state index in [1.807, 2.05) is 30.3 Å². The lowest BCUT2D eigenvalue weighted by molar-refractivity contribution is 0.574. The fourth-order valence-electron chi connectivity index (χ4n) is 2.76. The number of anilines is 3. The fraction of sp³-hybridized carbons (Fsp3) is 0. The molecule has 0 fully saturated rings. The normalized spacial score (nSPS) is 10.7. The highest BCUT2D eigenvalue weighted by Gasteiger charge is 2.16. The summed E-state index contributed by atoms with van der Waals surface area (Å²) < 4.78 is 5.68. The quantitative estimate of drug-likeness (QED) is 0.465. The van der Waals surface area contributed by atoms with E-state index in [0.29, 0.717) is 0 Å². The van der Waals surface area contributed by atoms with Crippen LogP contribution in [-0.2, 0) is 0 Å². The summed E-state index contributed by atoms with van der Waals surface area (Å²) >= 11 is 0. The van der Waals surface area contributed by atoms with E-state index in [0.717, 1.165) is 17.3 Å². The van der Waals surface area contributed by atoms with Crippen molar-refractivity contribution < 1.29 is 4.42 Å². The first-order chi connectivity index (χ1) is 10.9. The fourth-order valence-corrected chi connectivity index (χ4v) is 2.76. The van der Waals surface area contributed by atoms with E-state index < -0.39 is 0 Å². The molecule has 106 valence electrons. The molecule has 0 aliphatic rings. The molecule has 2 nitrogen and oxygen atoms in total. The molecular weight excluding hydrogens is 270 g/mol. The van der Waals surface area contributed by atoms with Crippen molar-refractivity contribution in [3.8, 4) is 0 Å². The molecule has 3 aromatic carbocycles. The van der Waals surface area contributed by atoms with Crippen molar-refractivity contribution in [2.45, 2.75) is 0 Å². The molecule has 0 N–H and O–H groups in total. The van der Waals surface area contributed by atoms with Gasteiger partial charge in [0.05, 0.1) is 12.0 Å². The molecule has 0 amide bonds. The third kappa shape index (κ3) is 2.15. The Bertz CT molecular complexity index is 877. The Morgan fingerprint density at radius 1 is 0.636 bits per heavy atom. The third-order valence-corrected chi connectivity index (χ3v) is 3.75. The molecular formula is C20H15NO. The lowest BCUT2D eigenvalue weighted by Gasteiger charge is -2.23. The van der Waals surface area contributed by atoms with Crippen molar-refractivity contribution in [2.24, 2.45) is 0 Å². The van der Waals surface area contributed by atoms with Gasteiger partial charge in [-0.2, -0.15) is 0 Å². The highest BCUT2D eigenvalue weighted by Crippen LogP contribution is 2.38. The summed E-state index contributed by atoms with van der Waals surface area (Å²) in [6.45, 7) is 0. The van der Waals surface area contributed by atoms with Crippen LogP contribution in [0.4, 0.5) is 17.3 Å². The zero-order chi connectivity index (χ0) is 14.8. The Balaban J connectivity index is 1.98. The number of hydrogen-bond acceptors (Lipinski definition) is 2. The molecule has 0 spiro atoms. The van der Waals surface area contributed by atoms with Crippen molar-refractivity contribution >= 4 is 28.0 Å². The molecule has 22 heavy (non-hydrogen) atoms. The van der Waals surface area contributed by atoms with Gasteiger partial charge in [-0.05, 0) is 29.7 Å². The minimum atomic E-state index is 0.808. The molecule has 0 unspecified atom stereocenters. The Labute approximate surface area is 129 Å². The molecule has 4 rings (SSSR count). The maximum atomic E-state index is 5.68. The lowest BCUT2D eigenvalue weighted by atomic mass is 10.1. The van der Waals surface area contributed by atoms with Gasteiger partial charge in [0.15, 0.2) is 0 Å². The smallest absolute Gasteiger partial charge is 0.204 e. The van der Waals surface area contributed by atoms with Crippen molar-refractivity contribution in [3.63, 3.8) is 0 Å². The van der Waals surface area contributed by atoms with Gasteiger partial charge in [0, 0.05) is 17.1 Å². The first-order valence-electron chi connectivity index (χ1n) is 7.30. The van der Waals surface area contributed by atoms with Gasteiger partial charge >= 0.3 is 0 Å². The van der Waals surface area contributed by atoms with Crippen LogP contribution in [0.15, 0.2) is 95.6 Å². The van der Waals surface area contributed by atoms with Gasteiger partial charge in [-0.15, -0.1) is 0 Å². The summed E-state index contributed by atoms with van der Waals surface area (Å²) in [4.78, 5) is 2.14. The van der Waals surface area contributed by atoms with Gasteiger partial charge in [0.2, 0.25) is 5.88 Å². The van der Waals surface area contributed by atoms with Crippen LogP contribution in [0.2, 0.25) is 0 Å². The van der Waals surface area contributed by atoms with Crippen molar-refractivity contribution in [1.82, 2.24) is 0 Å². The number of rotatable bonds is 3. The predicted octanol–water partition coefficient (Wildman–Crippen LogP) is 5.90. The molecule has 1 heterocycles. The Kier molecular flexibility index (Phi) is 3.13. The van der Waals surface area contributed by atoms with E-state index >= 15 is 0 Å². The van der Waals surface area contributed by atoms with Gasteiger partial charge in [0.1, 0.15) is 0 Å². The van der Waals surface area contributed by atoms with Gasteiger partial charge in [-0.1, -0.05) is 54.6 Å². The summed E-state index contributed by atoms with van der Waals surface area (Å²) in [5.74, 6) is 0.808. The van der Waals surface area contributed by atoms with Crippen molar-refractivity contribution in [3.05, 3.63) is 91.2 Å². The topological polar surface area (TPSA) is 16.4 Å². The summed E-state index contributed by atoms with van der Waals surface area (Å²) in [6, 6.07) is 28.9. The van der Waals surface area contributed by atoms with Crippen molar-refractivity contribution in [2.75, 3.05) is 4.90 Å². The van der Waals surface area contributed by atoms with Gasteiger partial charge in [-0.25, -0.2) is 0 Å². The summed E-state index contributed by atoms with van der Waals surface area (Å²) in [6.07, 6.45) is 1.70. The molecule has 0 aliphatic heterocycles. The average molecular weight is 285 g/mol. The van der Waals surface area contributed by atoms with E-state index in [-0.39, 0.29) is 0 Å². The molecule has 2 heteroatoms. The van der Waals surface area contributed by atoms with Crippen molar-refractivity contribution in [1.29, 1.82) is 0 Å².